The van der Waals surface area contributed by atoms with E-state index in [1.165, 1.54) is 0 Å². The van der Waals surface area contributed by atoms with Crippen LogP contribution in [0.3, 0.4) is 0 Å². The molecule has 1 aromatic carbocycles. The summed E-state index contributed by atoms with van der Waals surface area (Å²) in [5, 5.41) is 2.64. The second-order valence-electron chi connectivity index (χ2n) is 8.15. The van der Waals surface area contributed by atoms with Crippen molar-refractivity contribution in [2.75, 3.05) is 6.61 Å². The van der Waals surface area contributed by atoms with Gasteiger partial charge in [0.25, 0.3) is 0 Å². The zero-order chi connectivity index (χ0) is 21.4. The van der Waals surface area contributed by atoms with E-state index in [2.05, 4.69) is 5.32 Å². The topological polar surface area (TPSA) is 83.1 Å². The van der Waals surface area contributed by atoms with Gasteiger partial charge in [0.15, 0.2) is 12.3 Å². The Kier molecular flexibility index (Phi) is 8.46. The Bertz CT molecular complexity index is 657. The van der Waals surface area contributed by atoms with E-state index in [4.69, 9.17) is 18.9 Å². The number of hydrogen-bond acceptors (Lipinski definition) is 6. The van der Waals surface area contributed by atoms with Gasteiger partial charge in [0.2, 0.25) is 0 Å². The average molecular weight is 408 g/mol. The monoisotopic (exact) mass is 407 g/mol. The molecule has 0 bridgehead atoms. The van der Waals surface area contributed by atoms with E-state index in [-0.39, 0.29) is 12.7 Å². The van der Waals surface area contributed by atoms with Crippen LogP contribution in [0, 0.1) is 0 Å². The first-order valence-corrected chi connectivity index (χ1v) is 10.2. The van der Waals surface area contributed by atoms with Gasteiger partial charge in [-0.2, -0.15) is 0 Å². The van der Waals surface area contributed by atoms with Crippen molar-refractivity contribution in [3.05, 3.63) is 35.9 Å². The number of carbonyl (C=O) groups is 2. The lowest BCUT2D eigenvalue weighted by atomic mass is 10.0. The number of alkyl carbamates (subject to hydrolysis) is 1. The summed E-state index contributed by atoms with van der Waals surface area (Å²) in [5.41, 5.74) is 0.0392. The Morgan fingerprint density at radius 1 is 1.21 bits per heavy atom. The normalized spacial score (nSPS) is 21.7. The van der Waals surface area contributed by atoms with Gasteiger partial charge in [0.1, 0.15) is 11.7 Å². The summed E-state index contributed by atoms with van der Waals surface area (Å²) in [6, 6.07) is 8.20. The van der Waals surface area contributed by atoms with E-state index in [0.29, 0.717) is 0 Å². The Labute approximate surface area is 173 Å². The standard InChI is InChI=1S/C22H33NO6/c1-6-26-20(24)18(23-21(25)29-22(3,4)5)19(16-12-8-7-9-13-16)28-17-14-10-11-15(2)27-17/h7-9,12-13,15,17-19H,6,10-11,14H2,1-5H3,(H,23,25)/t15-,17+,18+,19+/m0/s1. The van der Waals surface area contributed by atoms with E-state index < -0.39 is 36.1 Å². The number of carbonyl (C=O) groups excluding carboxylic acids is 2. The molecule has 4 atom stereocenters. The fourth-order valence-electron chi connectivity index (χ4n) is 3.15. The number of esters is 1. The maximum Gasteiger partial charge on any atom is 0.408 e. The zero-order valence-electron chi connectivity index (χ0n) is 18.0. The van der Waals surface area contributed by atoms with E-state index >= 15 is 0 Å². The SMILES string of the molecule is CCOC(=O)[C@H](NC(=O)OC(C)(C)C)[C@H](O[C@@H]1CCC[C@H](C)O1)c1ccccc1. The van der Waals surface area contributed by atoms with Gasteiger partial charge in [0, 0.05) is 0 Å². The molecule has 1 saturated heterocycles. The van der Waals surface area contributed by atoms with E-state index in [1.807, 2.05) is 37.3 Å². The van der Waals surface area contributed by atoms with Gasteiger partial charge in [-0.1, -0.05) is 30.3 Å². The third-order valence-corrected chi connectivity index (χ3v) is 4.38. The van der Waals surface area contributed by atoms with Gasteiger partial charge in [0.05, 0.1) is 12.7 Å². The van der Waals surface area contributed by atoms with Gasteiger partial charge >= 0.3 is 12.1 Å². The molecule has 1 N–H and O–H groups in total. The molecule has 1 aromatic rings. The summed E-state index contributed by atoms with van der Waals surface area (Å²) in [7, 11) is 0. The average Bonchev–Trinajstić information content (AvgIpc) is 2.64. The summed E-state index contributed by atoms with van der Waals surface area (Å²) in [6.45, 7) is 9.17. The minimum atomic E-state index is -1.08. The first-order chi connectivity index (χ1) is 13.7. The maximum atomic E-state index is 12.8. The van der Waals surface area contributed by atoms with Crippen LogP contribution in [0.5, 0.6) is 0 Å². The van der Waals surface area contributed by atoms with Crippen LogP contribution in [0.1, 0.15) is 65.5 Å². The van der Waals surface area contributed by atoms with Crippen LogP contribution in [-0.4, -0.2) is 42.7 Å². The first-order valence-electron chi connectivity index (χ1n) is 10.2. The highest BCUT2D eigenvalue weighted by Gasteiger charge is 2.37. The maximum absolute atomic E-state index is 12.8. The predicted octanol–water partition coefficient (Wildman–Crippen LogP) is 4.12. The molecule has 7 nitrogen and oxygen atoms in total. The van der Waals surface area contributed by atoms with Gasteiger partial charge in [-0.25, -0.2) is 9.59 Å². The third kappa shape index (κ3) is 7.66. The van der Waals surface area contributed by atoms with E-state index in [1.54, 1.807) is 27.7 Å². The zero-order valence-corrected chi connectivity index (χ0v) is 18.0. The van der Waals surface area contributed by atoms with Crippen LogP contribution in [0.2, 0.25) is 0 Å². The molecular formula is C22H33NO6. The molecule has 1 aliphatic heterocycles. The molecule has 0 saturated carbocycles. The van der Waals surface area contributed by atoms with Gasteiger partial charge in [-0.3, -0.25) is 0 Å². The highest BCUT2D eigenvalue weighted by atomic mass is 16.7. The van der Waals surface area contributed by atoms with Crippen LogP contribution >= 0.6 is 0 Å². The third-order valence-electron chi connectivity index (χ3n) is 4.38. The smallest absolute Gasteiger partial charge is 0.408 e. The lowest BCUT2D eigenvalue weighted by Crippen LogP contribution is -2.49. The van der Waals surface area contributed by atoms with Crippen LogP contribution in [0.4, 0.5) is 4.79 Å². The molecular weight excluding hydrogens is 374 g/mol. The fourth-order valence-corrected chi connectivity index (χ4v) is 3.15. The molecule has 1 heterocycles. The van der Waals surface area contributed by atoms with Crippen molar-refractivity contribution >= 4 is 12.1 Å². The lowest BCUT2D eigenvalue weighted by Gasteiger charge is -2.34. The van der Waals surface area contributed by atoms with Crippen LogP contribution in [0.15, 0.2) is 30.3 Å². The largest absolute Gasteiger partial charge is 0.464 e. The molecule has 1 amide bonds. The van der Waals surface area contributed by atoms with Crippen molar-refractivity contribution in [1.29, 1.82) is 0 Å². The van der Waals surface area contributed by atoms with Crippen molar-refractivity contribution in [1.82, 2.24) is 5.32 Å². The van der Waals surface area contributed by atoms with Gasteiger partial charge in [-0.15, -0.1) is 0 Å². The summed E-state index contributed by atoms with van der Waals surface area (Å²) in [5.74, 6) is -0.587. The van der Waals surface area contributed by atoms with Crippen molar-refractivity contribution in [3.8, 4) is 0 Å². The Hall–Kier alpha value is -2.12. The molecule has 7 heteroatoms. The molecule has 0 aromatic heterocycles. The van der Waals surface area contributed by atoms with Crippen molar-refractivity contribution in [3.63, 3.8) is 0 Å². The van der Waals surface area contributed by atoms with Crippen LogP contribution < -0.4 is 5.32 Å². The van der Waals surface area contributed by atoms with E-state index in [0.717, 1.165) is 24.8 Å². The fraction of sp³-hybridized carbons (Fsp3) is 0.636. The molecule has 0 aliphatic carbocycles. The van der Waals surface area contributed by atoms with Gasteiger partial charge in [-0.05, 0) is 59.4 Å². The summed E-state index contributed by atoms with van der Waals surface area (Å²) in [6.07, 6.45) is 0.766. The summed E-state index contributed by atoms with van der Waals surface area (Å²) < 4.78 is 22.7. The number of nitrogens with one attached hydrogen (secondary N) is 1. The molecule has 2 rings (SSSR count). The van der Waals surface area contributed by atoms with E-state index in [9.17, 15) is 9.59 Å². The predicted molar refractivity (Wildman–Crippen MR) is 108 cm³/mol. The number of amides is 1. The Balaban J connectivity index is 2.29. The van der Waals surface area contributed by atoms with Crippen LogP contribution in [-0.2, 0) is 23.7 Å². The highest BCUT2D eigenvalue weighted by Crippen LogP contribution is 2.29. The van der Waals surface area contributed by atoms with Crippen molar-refractivity contribution in [2.24, 2.45) is 0 Å². The van der Waals surface area contributed by atoms with Crippen molar-refractivity contribution in [2.45, 2.75) is 84.0 Å². The lowest BCUT2D eigenvalue weighted by molar-refractivity contribution is -0.219. The van der Waals surface area contributed by atoms with Crippen molar-refractivity contribution < 1.29 is 28.5 Å². The summed E-state index contributed by atoms with van der Waals surface area (Å²) >= 11 is 0. The first kappa shape index (κ1) is 23.2. The number of ether oxygens (including phenoxy) is 4. The van der Waals surface area contributed by atoms with Crippen LogP contribution in [0.25, 0.3) is 0 Å². The molecule has 1 fully saturated rings. The molecule has 162 valence electrons. The number of rotatable bonds is 7. The molecule has 0 unspecified atom stereocenters. The summed E-state index contributed by atoms with van der Waals surface area (Å²) in [4.78, 5) is 25.2. The number of benzene rings is 1. The highest BCUT2D eigenvalue weighted by molar-refractivity contribution is 5.82. The molecule has 0 radical (unpaired) electrons. The minimum Gasteiger partial charge on any atom is -0.464 e. The Morgan fingerprint density at radius 2 is 1.90 bits per heavy atom. The molecule has 0 spiro atoms. The molecule has 1 aliphatic rings. The quantitative estimate of drug-likeness (QED) is 0.685. The molecule has 29 heavy (non-hydrogen) atoms. The number of hydrogen-bond donors (Lipinski definition) is 1. The Morgan fingerprint density at radius 3 is 2.48 bits per heavy atom. The second-order valence-corrected chi connectivity index (χ2v) is 8.15. The minimum absolute atomic E-state index is 0.0741. The van der Waals surface area contributed by atoms with Gasteiger partial charge < -0.3 is 24.3 Å². The second kappa shape index (κ2) is 10.6.